The SMILES string of the molecule is CCOc1ncc(C(=O)NCC2(O)CCCC2)cc1Cl. The third-order valence-electron chi connectivity index (χ3n) is 3.46. The fourth-order valence-electron chi connectivity index (χ4n) is 2.35. The molecule has 0 aliphatic heterocycles. The zero-order chi connectivity index (χ0) is 14.6. The second-order valence-corrected chi connectivity index (χ2v) is 5.47. The van der Waals surface area contributed by atoms with E-state index in [0.717, 1.165) is 25.7 Å². The molecule has 0 radical (unpaired) electrons. The normalized spacial score (nSPS) is 16.9. The van der Waals surface area contributed by atoms with Crippen LogP contribution in [0.1, 0.15) is 43.0 Å². The second kappa shape index (κ2) is 6.41. The molecule has 0 unspecified atom stereocenters. The summed E-state index contributed by atoms with van der Waals surface area (Å²) in [6, 6.07) is 1.52. The number of carbonyl (C=O) groups excluding carboxylic acids is 1. The largest absolute Gasteiger partial charge is 0.477 e. The van der Waals surface area contributed by atoms with Crippen molar-refractivity contribution in [3.63, 3.8) is 0 Å². The molecule has 20 heavy (non-hydrogen) atoms. The average Bonchev–Trinajstić information content (AvgIpc) is 2.86. The smallest absolute Gasteiger partial charge is 0.253 e. The molecule has 2 N–H and O–H groups in total. The third-order valence-corrected chi connectivity index (χ3v) is 3.73. The molecule has 1 aliphatic rings. The van der Waals surface area contributed by atoms with Crippen LogP contribution in [0.2, 0.25) is 5.02 Å². The van der Waals surface area contributed by atoms with Crippen LogP contribution in [0.15, 0.2) is 12.3 Å². The lowest BCUT2D eigenvalue weighted by Crippen LogP contribution is -2.40. The fourth-order valence-corrected chi connectivity index (χ4v) is 2.57. The topological polar surface area (TPSA) is 71.5 Å². The maximum absolute atomic E-state index is 12.0. The van der Waals surface area contributed by atoms with Crippen LogP contribution in [-0.4, -0.2) is 34.8 Å². The number of nitrogens with one attached hydrogen (secondary N) is 1. The number of ether oxygens (including phenoxy) is 1. The summed E-state index contributed by atoms with van der Waals surface area (Å²) in [5, 5.41) is 13.2. The summed E-state index contributed by atoms with van der Waals surface area (Å²) in [5.74, 6) is 0.0305. The fraction of sp³-hybridized carbons (Fsp3) is 0.571. The Bertz CT molecular complexity index is 487. The van der Waals surface area contributed by atoms with Gasteiger partial charge in [0.25, 0.3) is 5.91 Å². The van der Waals surface area contributed by atoms with Crippen molar-refractivity contribution in [3.05, 3.63) is 22.8 Å². The first-order valence-electron chi connectivity index (χ1n) is 6.83. The van der Waals surface area contributed by atoms with Crippen molar-refractivity contribution < 1.29 is 14.6 Å². The molecule has 1 aromatic rings. The number of carbonyl (C=O) groups is 1. The van der Waals surface area contributed by atoms with Gasteiger partial charge in [-0.3, -0.25) is 4.79 Å². The molecule has 5 nitrogen and oxygen atoms in total. The Morgan fingerprint density at radius 2 is 2.25 bits per heavy atom. The first-order chi connectivity index (χ1) is 9.54. The molecule has 0 aromatic carbocycles. The van der Waals surface area contributed by atoms with E-state index in [0.29, 0.717) is 23.1 Å². The highest BCUT2D eigenvalue weighted by Gasteiger charge is 2.31. The van der Waals surface area contributed by atoms with Crippen molar-refractivity contribution in [2.75, 3.05) is 13.2 Å². The van der Waals surface area contributed by atoms with Crippen LogP contribution in [0.25, 0.3) is 0 Å². The zero-order valence-electron chi connectivity index (χ0n) is 11.5. The van der Waals surface area contributed by atoms with Crippen LogP contribution in [0.3, 0.4) is 0 Å². The van der Waals surface area contributed by atoms with Gasteiger partial charge in [-0.05, 0) is 25.8 Å². The van der Waals surface area contributed by atoms with Crippen molar-refractivity contribution in [2.45, 2.75) is 38.2 Å². The predicted octanol–water partition coefficient (Wildman–Crippen LogP) is 2.17. The first kappa shape index (κ1) is 15.1. The van der Waals surface area contributed by atoms with Gasteiger partial charge < -0.3 is 15.2 Å². The lowest BCUT2D eigenvalue weighted by Gasteiger charge is -2.22. The second-order valence-electron chi connectivity index (χ2n) is 5.06. The molecule has 110 valence electrons. The van der Waals surface area contributed by atoms with Gasteiger partial charge in [-0.25, -0.2) is 4.98 Å². The lowest BCUT2D eigenvalue weighted by atomic mass is 10.0. The number of aliphatic hydroxyl groups is 1. The van der Waals surface area contributed by atoms with Gasteiger partial charge in [0, 0.05) is 12.7 Å². The minimum absolute atomic E-state index is 0.261. The van der Waals surface area contributed by atoms with Crippen LogP contribution in [0.5, 0.6) is 5.88 Å². The molecule has 1 heterocycles. The summed E-state index contributed by atoms with van der Waals surface area (Å²) in [6.07, 6.45) is 4.89. The minimum atomic E-state index is -0.766. The third kappa shape index (κ3) is 3.61. The number of aromatic nitrogens is 1. The highest BCUT2D eigenvalue weighted by atomic mass is 35.5. The molecular formula is C14H19ClN2O3. The molecule has 0 atom stereocenters. The molecule has 1 amide bonds. The maximum atomic E-state index is 12.0. The molecule has 1 aromatic heterocycles. The molecule has 1 fully saturated rings. The number of amides is 1. The van der Waals surface area contributed by atoms with Crippen LogP contribution < -0.4 is 10.1 Å². The maximum Gasteiger partial charge on any atom is 0.253 e. The summed E-state index contributed by atoms with van der Waals surface area (Å²) in [7, 11) is 0. The summed E-state index contributed by atoms with van der Waals surface area (Å²) >= 11 is 5.99. The molecule has 0 spiro atoms. The van der Waals surface area contributed by atoms with E-state index in [1.54, 1.807) is 0 Å². The number of halogens is 1. The van der Waals surface area contributed by atoms with Crippen molar-refractivity contribution in [1.29, 1.82) is 0 Å². The first-order valence-corrected chi connectivity index (χ1v) is 7.21. The van der Waals surface area contributed by atoms with Crippen molar-refractivity contribution >= 4 is 17.5 Å². The van der Waals surface area contributed by atoms with E-state index in [4.69, 9.17) is 16.3 Å². The van der Waals surface area contributed by atoms with Gasteiger partial charge in [-0.2, -0.15) is 0 Å². The molecule has 6 heteroatoms. The lowest BCUT2D eigenvalue weighted by molar-refractivity contribution is 0.0449. The summed E-state index contributed by atoms with van der Waals surface area (Å²) < 4.78 is 5.21. The Morgan fingerprint density at radius 1 is 1.55 bits per heavy atom. The molecule has 2 rings (SSSR count). The summed E-state index contributed by atoms with van der Waals surface area (Å²) in [6.45, 7) is 2.56. The Labute approximate surface area is 123 Å². The van der Waals surface area contributed by atoms with Gasteiger partial charge in [0.2, 0.25) is 5.88 Å². The Hall–Kier alpha value is -1.33. The Morgan fingerprint density at radius 3 is 2.85 bits per heavy atom. The molecular weight excluding hydrogens is 280 g/mol. The van der Waals surface area contributed by atoms with Crippen LogP contribution in [0, 0.1) is 0 Å². The van der Waals surface area contributed by atoms with Gasteiger partial charge >= 0.3 is 0 Å². The van der Waals surface area contributed by atoms with E-state index >= 15 is 0 Å². The molecule has 0 saturated heterocycles. The average molecular weight is 299 g/mol. The predicted molar refractivity (Wildman–Crippen MR) is 76.2 cm³/mol. The monoisotopic (exact) mass is 298 g/mol. The molecule has 1 aliphatic carbocycles. The van der Waals surface area contributed by atoms with E-state index in [-0.39, 0.29) is 12.5 Å². The van der Waals surface area contributed by atoms with Crippen LogP contribution in [-0.2, 0) is 0 Å². The molecule has 1 saturated carbocycles. The van der Waals surface area contributed by atoms with Gasteiger partial charge in [-0.15, -0.1) is 0 Å². The van der Waals surface area contributed by atoms with Gasteiger partial charge in [-0.1, -0.05) is 24.4 Å². The standard InChI is InChI=1S/C14H19ClN2O3/c1-2-20-13-11(15)7-10(8-16-13)12(18)17-9-14(19)5-3-4-6-14/h7-8,19H,2-6,9H2,1H3,(H,17,18). The highest BCUT2D eigenvalue weighted by molar-refractivity contribution is 6.32. The van der Waals surface area contributed by atoms with Crippen LogP contribution in [0.4, 0.5) is 0 Å². The van der Waals surface area contributed by atoms with Gasteiger partial charge in [0.05, 0.1) is 17.8 Å². The highest BCUT2D eigenvalue weighted by Crippen LogP contribution is 2.28. The van der Waals surface area contributed by atoms with Gasteiger partial charge in [0.15, 0.2) is 0 Å². The van der Waals surface area contributed by atoms with Crippen molar-refractivity contribution in [3.8, 4) is 5.88 Å². The van der Waals surface area contributed by atoms with E-state index in [9.17, 15) is 9.90 Å². The summed E-state index contributed by atoms with van der Waals surface area (Å²) in [5.41, 5.74) is -0.405. The Kier molecular flexibility index (Phi) is 4.83. The quantitative estimate of drug-likeness (QED) is 0.874. The summed E-state index contributed by atoms with van der Waals surface area (Å²) in [4.78, 5) is 16.0. The number of hydrogen-bond acceptors (Lipinski definition) is 4. The number of pyridine rings is 1. The zero-order valence-corrected chi connectivity index (χ0v) is 12.2. The van der Waals surface area contributed by atoms with E-state index in [1.807, 2.05) is 6.92 Å². The number of hydrogen-bond donors (Lipinski definition) is 2. The van der Waals surface area contributed by atoms with E-state index in [1.165, 1.54) is 12.3 Å². The minimum Gasteiger partial charge on any atom is -0.477 e. The van der Waals surface area contributed by atoms with E-state index < -0.39 is 5.60 Å². The van der Waals surface area contributed by atoms with Crippen molar-refractivity contribution in [1.82, 2.24) is 10.3 Å². The number of rotatable bonds is 5. The Balaban J connectivity index is 1.97. The van der Waals surface area contributed by atoms with E-state index in [2.05, 4.69) is 10.3 Å². The molecule has 0 bridgehead atoms. The number of nitrogens with zero attached hydrogens (tertiary/aromatic N) is 1. The van der Waals surface area contributed by atoms with Crippen LogP contribution >= 0.6 is 11.6 Å². The van der Waals surface area contributed by atoms with Gasteiger partial charge in [0.1, 0.15) is 5.02 Å². The van der Waals surface area contributed by atoms with Crippen molar-refractivity contribution in [2.24, 2.45) is 0 Å².